The van der Waals surface area contributed by atoms with Crippen LogP contribution in [0.15, 0.2) is 41.0 Å². The van der Waals surface area contributed by atoms with Crippen molar-refractivity contribution in [1.29, 1.82) is 0 Å². The molecule has 0 bridgehead atoms. The van der Waals surface area contributed by atoms with Crippen molar-refractivity contribution in [2.24, 2.45) is 5.92 Å². The van der Waals surface area contributed by atoms with Gasteiger partial charge in [0.1, 0.15) is 6.26 Å². The van der Waals surface area contributed by atoms with Crippen LogP contribution in [-0.2, 0) is 25.5 Å². The van der Waals surface area contributed by atoms with E-state index in [1.807, 2.05) is 6.07 Å². The summed E-state index contributed by atoms with van der Waals surface area (Å²) in [7, 11) is 0. The Labute approximate surface area is 171 Å². The zero-order valence-electron chi connectivity index (χ0n) is 15.2. The lowest BCUT2D eigenvalue weighted by Gasteiger charge is -2.14. The first-order valence-electron chi connectivity index (χ1n) is 8.68. The highest BCUT2D eigenvalue weighted by Crippen LogP contribution is 2.25. The molecule has 0 atom stereocenters. The molecule has 7 heteroatoms. The summed E-state index contributed by atoms with van der Waals surface area (Å²) in [6, 6.07) is 8.80. The van der Waals surface area contributed by atoms with Crippen LogP contribution in [0.5, 0.6) is 0 Å². The van der Waals surface area contributed by atoms with Crippen molar-refractivity contribution in [3.8, 4) is 0 Å². The Hall–Kier alpha value is -2.16. The van der Waals surface area contributed by atoms with E-state index in [1.165, 1.54) is 6.26 Å². The topological polar surface area (TPSA) is 82.8 Å². The van der Waals surface area contributed by atoms with Crippen LogP contribution in [0.3, 0.4) is 0 Å². The number of hydrogen-bond donors (Lipinski definition) is 0. The Morgan fingerprint density at radius 3 is 2.19 bits per heavy atom. The molecule has 0 fully saturated rings. The summed E-state index contributed by atoms with van der Waals surface area (Å²) < 4.78 is 16.2. The number of carbonyl (C=O) groups is 3. The first kappa shape index (κ1) is 21.1. The van der Waals surface area contributed by atoms with Gasteiger partial charge in [0.05, 0.1) is 16.8 Å². The molecule has 1 heterocycles. The Morgan fingerprint density at radius 1 is 1.04 bits per heavy atom. The maximum absolute atomic E-state index is 12.7. The van der Waals surface area contributed by atoms with Crippen LogP contribution in [0.1, 0.15) is 41.9 Å². The lowest BCUT2D eigenvalue weighted by molar-refractivity contribution is -0.161. The predicted molar refractivity (Wildman–Crippen MR) is 106 cm³/mol. The minimum atomic E-state index is -1.03. The van der Waals surface area contributed by atoms with Gasteiger partial charge >= 0.3 is 11.9 Å². The van der Waals surface area contributed by atoms with Crippen LogP contribution in [-0.4, -0.2) is 30.9 Å². The molecule has 27 heavy (non-hydrogen) atoms. The molecule has 1 aromatic carbocycles. The molecule has 2 aromatic rings. The molecule has 0 aliphatic heterocycles. The van der Waals surface area contributed by atoms with Gasteiger partial charge in [0, 0.05) is 11.1 Å². The second-order valence-corrected chi connectivity index (χ2v) is 6.84. The van der Waals surface area contributed by atoms with E-state index in [1.54, 1.807) is 38.1 Å². The van der Waals surface area contributed by atoms with E-state index in [4.69, 9.17) is 13.9 Å². The van der Waals surface area contributed by atoms with Crippen molar-refractivity contribution in [2.45, 2.75) is 26.7 Å². The summed E-state index contributed by atoms with van der Waals surface area (Å²) in [6.45, 7) is 3.71. The molecule has 0 aliphatic rings. The van der Waals surface area contributed by atoms with Crippen molar-refractivity contribution >= 4 is 40.3 Å². The summed E-state index contributed by atoms with van der Waals surface area (Å²) in [5.41, 5.74) is 1.18. The van der Waals surface area contributed by atoms with Crippen LogP contribution in [0.4, 0.5) is 0 Å². The highest BCUT2D eigenvalue weighted by Gasteiger charge is 2.31. The molecule has 0 N–H and O–H groups in total. The SMILES string of the molecule is CCOC(=O)C(CCc1c(I)coc1C(=O)c1ccccc1)C(=O)OCC. The fourth-order valence-electron chi connectivity index (χ4n) is 2.61. The summed E-state index contributed by atoms with van der Waals surface area (Å²) in [6.07, 6.45) is 1.98. The van der Waals surface area contributed by atoms with E-state index in [0.29, 0.717) is 17.5 Å². The molecule has 2 rings (SSSR count). The average molecular weight is 484 g/mol. The van der Waals surface area contributed by atoms with Crippen LogP contribution in [0.25, 0.3) is 0 Å². The minimum Gasteiger partial charge on any atom is -0.465 e. The zero-order chi connectivity index (χ0) is 19.8. The fourth-order valence-corrected chi connectivity index (χ4v) is 3.25. The lowest BCUT2D eigenvalue weighted by atomic mass is 9.97. The van der Waals surface area contributed by atoms with E-state index < -0.39 is 17.9 Å². The standard InChI is InChI=1S/C20H21IO6/c1-3-25-19(23)15(20(24)26-4-2)11-10-14-16(21)12-27-18(14)17(22)13-8-6-5-7-9-13/h5-9,12,15H,3-4,10-11H2,1-2H3. The summed E-state index contributed by atoms with van der Waals surface area (Å²) in [4.78, 5) is 37.0. The monoisotopic (exact) mass is 484 g/mol. The van der Waals surface area contributed by atoms with Gasteiger partial charge in [0.15, 0.2) is 11.7 Å². The van der Waals surface area contributed by atoms with Crippen LogP contribution in [0, 0.1) is 9.49 Å². The van der Waals surface area contributed by atoms with Gasteiger partial charge in [-0.2, -0.15) is 0 Å². The number of carbonyl (C=O) groups excluding carboxylic acids is 3. The number of ketones is 1. The molecule has 6 nitrogen and oxygen atoms in total. The van der Waals surface area contributed by atoms with Crippen molar-refractivity contribution in [3.05, 3.63) is 57.1 Å². The van der Waals surface area contributed by atoms with Gasteiger partial charge in [-0.05, 0) is 49.3 Å². The largest absolute Gasteiger partial charge is 0.465 e. The third-order valence-corrected chi connectivity index (χ3v) is 4.82. The van der Waals surface area contributed by atoms with Gasteiger partial charge in [-0.15, -0.1) is 0 Å². The third-order valence-electron chi connectivity index (χ3n) is 3.91. The van der Waals surface area contributed by atoms with E-state index in [2.05, 4.69) is 22.6 Å². The Morgan fingerprint density at radius 2 is 1.63 bits per heavy atom. The first-order chi connectivity index (χ1) is 13.0. The van der Waals surface area contributed by atoms with Crippen LogP contribution >= 0.6 is 22.6 Å². The number of furan rings is 1. The van der Waals surface area contributed by atoms with Crippen molar-refractivity contribution in [1.82, 2.24) is 0 Å². The van der Waals surface area contributed by atoms with Gasteiger partial charge in [0.2, 0.25) is 5.78 Å². The zero-order valence-corrected chi connectivity index (χ0v) is 17.4. The molecule has 144 valence electrons. The van der Waals surface area contributed by atoms with Crippen molar-refractivity contribution in [2.75, 3.05) is 13.2 Å². The highest BCUT2D eigenvalue weighted by atomic mass is 127. The average Bonchev–Trinajstić information content (AvgIpc) is 3.03. The Bertz CT molecular complexity index is 778. The third kappa shape index (κ3) is 5.41. The minimum absolute atomic E-state index is 0.169. The number of esters is 2. The molecular formula is C20H21IO6. The van der Waals surface area contributed by atoms with E-state index in [0.717, 1.165) is 3.57 Å². The number of benzene rings is 1. The van der Waals surface area contributed by atoms with E-state index in [9.17, 15) is 14.4 Å². The smallest absolute Gasteiger partial charge is 0.320 e. The van der Waals surface area contributed by atoms with Crippen molar-refractivity contribution < 1.29 is 28.3 Å². The van der Waals surface area contributed by atoms with Gasteiger partial charge in [-0.3, -0.25) is 14.4 Å². The van der Waals surface area contributed by atoms with E-state index in [-0.39, 0.29) is 31.2 Å². The Balaban J connectivity index is 2.21. The molecule has 0 unspecified atom stereocenters. The second-order valence-electron chi connectivity index (χ2n) is 5.68. The highest BCUT2D eigenvalue weighted by molar-refractivity contribution is 14.1. The number of rotatable bonds is 9. The molecule has 0 saturated carbocycles. The molecule has 0 spiro atoms. The van der Waals surface area contributed by atoms with Crippen LogP contribution in [0.2, 0.25) is 0 Å². The van der Waals surface area contributed by atoms with Gasteiger partial charge in [0.25, 0.3) is 0 Å². The lowest BCUT2D eigenvalue weighted by Crippen LogP contribution is -2.28. The number of halogens is 1. The quantitative estimate of drug-likeness (QED) is 0.233. The predicted octanol–water partition coefficient (Wildman–Crippen LogP) is 3.79. The molecule has 1 aromatic heterocycles. The fraction of sp³-hybridized carbons (Fsp3) is 0.350. The molecule has 0 saturated heterocycles. The second kappa shape index (κ2) is 10.2. The maximum atomic E-state index is 12.7. The number of ether oxygens (including phenoxy) is 2. The molecule has 0 aliphatic carbocycles. The normalized spacial score (nSPS) is 10.7. The van der Waals surface area contributed by atoms with E-state index >= 15 is 0 Å². The number of hydrogen-bond acceptors (Lipinski definition) is 6. The Kier molecular flexibility index (Phi) is 8.02. The first-order valence-corrected chi connectivity index (χ1v) is 9.76. The van der Waals surface area contributed by atoms with Crippen molar-refractivity contribution in [3.63, 3.8) is 0 Å². The molecular weight excluding hydrogens is 463 g/mol. The van der Waals surface area contributed by atoms with Gasteiger partial charge in [-0.25, -0.2) is 0 Å². The maximum Gasteiger partial charge on any atom is 0.320 e. The molecule has 0 radical (unpaired) electrons. The van der Waals surface area contributed by atoms with Gasteiger partial charge < -0.3 is 13.9 Å². The van der Waals surface area contributed by atoms with Crippen LogP contribution < -0.4 is 0 Å². The molecule has 0 amide bonds. The summed E-state index contributed by atoms with van der Waals surface area (Å²) in [5.74, 6) is -2.29. The van der Waals surface area contributed by atoms with Gasteiger partial charge in [-0.1, -0.05) is 30.3 Å². The summed E-state index contributed by atoms with van der Waals surface area (Å²) in [5, 5.41) is 0. The summed E-state index contributed by atoms with van der Waals surface area (Å²) >= 11 is 2.07.